The summed E-state index contributed by atoms with van der Waals surface area (Å²) in [6.07, 6.45) is 5.89. The molecule has 1 unspecified atom stereocenters. The molecule has 0 spiro atoms. The van der Waals surface area contributed by atoms with Crippen molar-refractivity contribution in [3.05, 3.63) is 47.8 Å². The zero-order valence-corrected chi connectivity index (χ0v) is 14.2. The van der Waals surface area contributed by atoms with E-state index < -0.39 is 0 Å². The van der Waals surface area contributed by atoms with Gasteiger partial charge in [-0.05, 0) is 43.0 Å². The van der Waals surface area contributed by atoms with E-state index in [0.717, 1.165) is 57.3 Å². The van der Waals surface area contributed by atoms with Gasteiger partial charge >= 0.3 is 0 Å². The maximum absolute atomic E-state index is 5.83. The average Bonchev–Trinajstić information content (AvgIpc) is 2.68. The van der Waals surface area contributed by atoms with E-state index in [0.29, 0.717) is 6.04 Å². The molecular weight excluding hydrogens is 300 g/mol. The molecule has 0 bridgehead atoms. The molecule has 2 aromatic rings. The normalized spacial score (nSPS) is 19.5. The van der Waals surface area contributed by atoms with Crippen LogP contribution in [0.2, 0.25) is 0 Å². The number of benzene rings is 1. The van der Waals surface area contributed by atoms with Crippen LogP contribution < -0.4 is 9.64 Å². The SMILES string of the molecule is CC(c1ccc2c(c1)OCCC2)N1CCN(c2ncccn2)CC1. The Bertz CT molecular complexity index is 683. The molecule has 0 N–H and O–H groups in total. The molecule has 2 aliphatic rings. The lowest BCUT2D eigenvalue weighted by molar-refractivity contribution is 0.197. The van der Waals surface area contributed by atoms with Gasteiger partial charge in [0, 0.05) is 44.6 Å². The third-order valence-electron chi connectivity index (χ3n) is 5.12. The van der Waals surface area contributed by atoms with Crippen molar-refractivity contribution >= 4 is 5.95 Å². The number of anilines is 1. The van der Waals surface area contributed by atoms with E-state index in [2.05, 4.69) is 44.9 Å². The highest BCUT2D eigenvalue weighted by molar-refractivity contribution is 5.40. The molecule has 4 rings (SSSR count). The largest absolute Gasteiger partial charge is 0.493 e. The predicted molar refractivity (Wildman–Crippen MR) is 94.5 cm³/mol. The van der Waals surface area contributed by atoms with Gasteiger partial charge in [0.2, 0.25) is 5.95 Å². The Morgan fingerprint density at radius 2 is 1.88 bits per heavy atom. The minimum Gasteiger partial charge on any atom is -0.493 e. The van der Waals surface area contributed by atoms with Gasteiger partial charge in [0.1, 0.15) is 5.75 Å². The van der Waals surface area contributed by atoms with Crippen LogP contribution in [-0.4, -0.2) is 47.7 Å². The number of hydrogen-bond donors (Lipinski definition) is 0. The van der Waals surface area contributed by atoms with Crippen LogP contribution >= 0.6 is 0 Å². The van der Waals surface area contributed by atoms with E-state index >= 15 is 0 Å². The van der Waals surface area contributed by atoms with E-state index in [9.17, 15) is 0 Å². The lowest BCUT2D eigenvalue weighted by Gasteiger charge is -2.38. The second-order valence-electron chi connectivity index (χ2n) is 6.57. The molecule has 1 saturated heterocycles. The van der Waals surface area contributed by atoms with Crippen molar-refractivity contribution in [2.45, 2.75) is 25.8 Å². The minimum absolute atomic E-state index is 0.402. The number of aryl methyl sites for hydroxylation is 1. The first kappa shape index (κ1) is 15.4. The summed E-state index contributed by atoms with van der Waals surface area (Å²) in [6, 6.07) is 9.02. The van der Waals surface area contributed by atoms with Crippen LogP contribution in [0.15, 0.2) is 36.7 Å². The molecule has 0 radical (unpaired) electrons. The highest BCUT2D eigenvalue weighted by Crippen LogP contribution is 2.30. The summed E-state index contributed by atoms with van der Waals surface area (Å²) in [5.41, 5.74) is 2.70. The highest BCUT2D eigenvalue weighted by Gasteiger charge is 2.24. The number of piperazine rings is 1. The average molecular weight is 324 g/mol. The number of ether oxygens (including phenoxy) is 1. The van der Waals surface area contributed by atoms with Gasteiger partial charge in [-0.15, -0.1) is 0 Å². The van der Waals surface area contributed by atoms with Gasteiger partial charge < -0.3 is 9.64 Å². The first-order chi connectivity index (χ1) is 11.8. The Morgan fingerprint density at radius 3 is 2.67 bits per heavy atom. The van der Waals surface area contributed by atoms with Gasteiger partial charge in [0.25, 0.3) is 0 Å². The molecule has 0 amide bonds. The zero-order valence-electron chi connectivity index (χ0n) is 14.2. The van der Waals surface area contributed by atoms with Crippen LogP contribution in [0.1, 0.15) is 30.5 Å². The van der Waals surface area contributed by atoms with E-state index in [4.69, 9.17) is 4.74 Å². The Kier molecular flexibility index (Phi) is 4.34. The molecule has 0 saturated carbocycles. The number of aromatic nitrogens is 2. The maximum atomic E-state index is 5.83. The topological polar surface area (TPSA) is 41.5 Å². The molecule has 0 aliphatic carbocycles. The summed E-state index contributed by atoms with van der Waals surface area (Å²) >= 11 is 0. The third kappa shape index (κ3) is 3.08. The minimum atomic E-state index is 0.402. The van der Waals surface area contributed by atoms with Crippen LogP contribution in [0.4, 0.5) is 5.95 Å². The van der Waals surface area contributed by atoms with Gasteiger partial charge in [-0.25, -0.2) is 9.97 Å². The quantitative estimate of drug-likeness (QED) is 0.868. The van der Waals surface area contributed by atoms with Crippen LogP contribution in [0.25, 0.3) is 0 Å². The molecule has 1 aromatic carbocycles. The van der Waals surface area contributed by atoms with Gasteiger partial charge in [-0.3, -0.25) is 4.90 Å². The Balaban J connectivity index is 1.42. The van der Waals surface area contributed by atoms with Crippen LogP contribution in [-0.2, 0) is 6.42 Å². The second-order valence-corrected chi connectivity index (χ2v) is 6.57. The molecule has 5 heteroatoms. The zero-order chi connectivity index (χ0) is 16.4. The van der Waals surface area contributed by atoms with Crippen molar-refractivity contribution in [3.8, 4) is 5.75 Å². The van der Waals surface area contributed by atoms with E-state index in [1.54, 1.807) is 0 Å². The van der Waals surface area contributed by atoms with E-state index in [1.807, 2.05) is 18.5 Å². The fourth-order valence-electron chi connectivity index (χ4n) is 3.59. The van der Waals surface area contributed by atoms with Crippen molar-refractivity contribution in [3.63, 3.8) is 0 Å². The van der Waals surface area contributed by atoms with Crippen molar-refractivity contribution < 1.29 is 4.74 Å². The third-order valence-corrected chi connectivity index (χ3v) is 5.12. The maximum Gasteiger partial charge on any atom is 0.225 e. The molecule has 126 valence electrons. The first-order valence-corrected chi connectivity index (χ1v) is 8.83. The molecule has 5 nitrogen and oxygen atoms in total. The molecule has 3 heterocycles. The molecule has 1 atom stereocenters. The van der Waals surface area contributed by atoms with E-state index in [1.165, 1.54) is 11.1 Å². The molecule has 24 heavy (non-hydrogen) atoms. The fraction of sp³-hybridized carbons (Fsp3) is 0.474. The summed E-state index contributed by atoms with van der Waals surface area (Å²) in [4.78, 5) is 13.5. The van der Waals surface area contributed by atoms with Gasteiger partial charge in [0.05, 0.1) is 6.61 Å². The van der Waals surface area contributed by atoms with Crippen LogP contribution in [0.5, 0.6) is 5.75 Å². The van der Waals surface area contributed by atoms with Crippen molar-refractivity contribution in [2.75, 3.05) is 37.7 Å². The molecular formula is C19H24N4O. The molecule has 1 aromatic heterocycles. The van der Waals surface area contributed by atoms with E-state index in [-0.39, 0.29) is 0 Å². The van der Waals surface area contributed by atoms with Gasteiger partial charge in [-0.2, -0.15) is 0 Å². The fourth-order valence-corrected chi connectivity index (χ4v) is 3.59. The lowest BCUT2D eigenvalue weighted by atomic mass is 10.00. The Hall–Kier alpha value is -2.14. The monoisotopic (exact) mass is 324 g/mol. The number of hydrogen-bond acceptors (Lipinski definition) is 5. The van der Waals surface area contributed by atoms with Crippen molar-refractivity contribution in [1.29, 1.82) is 0 Å². The smallest absolute Gasteiger partial charge is 0.225 e. The van der Waals surface area contributed by atoms with Gasteiger partial charge in [-0.1, -0.05) is 12.1 Å². The highest BCUT2D eigenvalue weighted by atomic mass is 16.5. The molecule has 2 aliphatic heterocycles. The summed E-state index contributed by atoms with van der Waals surface area (Å²) < 4.78 is 5.83. The van der Waals surface area contributed by atoms with Crippen LogP contribution in [0, 0.1) is 0 Å². The van der Waals surface area contributed by atoms with Crippen LogP contribution in [0.3, 0.4) is 0 Å². The Morgan fingerprint density at radius 1 is 1.08 bits per heavy atom. The van der Waals surface area contributed by atoms with Crippen molar-refractivity contribution in [1.82, 2.24) is 14.9 Å². The Labute approximate surface area is 143 Å². The number of nitrogens with zero attached hydrogens (tertiary/aromatic N) is 4. The predicted octanol–water partition coefficient (Wildman–Crippen LogP) is 2.68. The summed E-state index contributed by atoms with van der Waals surface area (Å²) in [5, 5.41) is 0. The van der Waals surface area contributed by atoms with Gasteiger partial charge in [0.15, 0.2) is 0 Å². The number of fused-ring (bicyclic) bond motifs is 1. The number of rotatable bonds is 3. The van der Waals surface area contributed by atoms with Crippen molar-refractivity contribution in [2.24, 2.45) is 0 Å². The lowest BCUT2D eigenvalue weighted by Crippen LogP contribution is -2.47. The molecule has 1 fully saturated rings. The summed E-state index contributed by atoms with van der Waals surface area (Å²) in [6.45, 7) is 7.13. The summed E-state index contributed by atoms with van der Waals surface area (Å²) in [5.74, 6) is 1.92. The first-order valence-electron chi connectivity index (χ1n) is 8.83. The standard InChI is InChI=1S/C19H24N4O/c1-15(17-6-5-16-4-2-13-24-18(16)14-17)22-9-11-23(12-10-22)19-20-7-3-8-21-19/h3,5-8,14-15H,2,4,9-13H2,1H3. The second kappa shape index (κ2) is 6.77. The summed E-state index contributed by atoms with van der Waals surface area (Å²) in [7, 11) is 0.